The third-order valence-corrected chi connectivity index (χ3v) is 2.67. The van der Waals surface area contributed by atoms with Crippen LogP contribution in [0.4, 0.5) is 0 Å². The fourth-order valence-corrected chi connectivity index (χ4v) is 1.27. The van der Waals surface area contributed by atoms with E-state index in [1.54, 1.807) is 0 Å². The van der Waals surface area contributed by atoms with Crippen molar-refractivity contribution in [1.82, 2.24) is 5.32 Å². The maximum absolute atomic E-state index is 11.5. The highest BCUT2D eigenvalue weighted by molar-refractivity contribution is 5.80. The zero-order valence-electron chi connectivity index (χ0n) is 10.1. The molecule has 0 radical (unpaired) electrons. The second kappa shape index (κ2) is 6.11. The van der Waals surface area contributed by atoms with Crippen LogP contribution >= 0.6 is 0 Å². The lowest BCUT2D eigenvalue weighted by atomic mass is 10.1. The summed E-state index contributed by atoms with van der Waals surface area (Å²) >= 11 is 0. The Kier molecular flexibility index (Phi) is 5.09. The number of amides is 1. The number of ether oxygens (including phenoxy) is 1. The summed E-state index contributed by atoms with van der Waals surface area (Å²) in [6.45, 7) is 7.64. The summed E-state index contributed by atoms with van der Waals surface area (Å²) in [4.78, 5) is 11.5. The summed E-state index contributed by atoms with van der Waals surface area (Å²) < 4.78 is 5.47. The molecule has 0 aliphatic heterocycles. The van der Waals surface area contributed by atoms with Crippen LogP contribution in [0.3, 0.4) is 0 Å². The molecule has 0 heterocycles. The molecule has 88 valence electrons. The molecule has 1 fully saturated rings. The standard InChI is InChI=1S/C12H23NO2/c1-9(2)6-7-13-12(14)10(3)15-8-11-4-5-11/h9-11H,4-8H2,1-3H3,(H,13,14). The SMILES string of the molecule is CC(C)CCNC(=O)C(C)OCC1CC1. The van der Waals surface area contributed by atoms with Gasteiger partial charge in [0.1, 0.15) is 6.10 Å². The quantitative estimate of drug-likeness (QED) is 0.702. The normalized spacial score (nSPS) is 17.9. The van der Waals surface area contributed by atoms with Crippen molar-refractivity contribution >= 4 is 5.91 Å². The van der Waals surface area contributed by atoms with Gasteiger partial charge in [-0.3, -0.25) is 4.79 Å². The first-order chi connectivity index (χ1) is 7.09. The van der Waals surface area contributed by atoms with Crippen LogP contribution in [0, 0.1) is 11.8 Å². The van der Waals surface area contributed by atoms with Crippen molar-refractivity contribution < 1.29 is 9.53 Å². The monoisotopic (exact) mass is 213 g/mol. The highest BCUT2D eigenvalue weighted by Gasteiger charge is 2.23. The predicted molar refractivity (Wildman–Crippen MR) is 60.6 cm³/mol. The third-order valence-electron chi connectivity index (χ3n) is 2.67. The molecular weight excluding hydrogens is 190 g/mol. The molecule has 1 aliphatic rings. The number of rotatable bonds is 7. The zero-order valence-corrected chi connectivity index (χ0v) is 10.1. The summed E-state index contributed by atoms with van der Waals surface area (Å²) in [6.07, 6.45) is 3.27. The average molecular weight is 213 g/mol. The van der Waals surface area contributed by atoms with Crippen molar-refractivity contribution in [3.8, 4) is 0 Å². The molecule has 3 nitrogen and oxygen atoms in total. The number of hydrogen-bond donors (Lipinski definition) is 1. The molecule has 0 aromatic carbocycles. The van der Waals surface area contributed by atoms with Crippen LogP contribution in [0.25, 0.3) is 0 Å². The van der Waals surface area contributed by atoms with Gasteiger partial charge in [-0.05, 0) is 38.0 Å². The smallest absolute Gasteiger partial charge is 0.248 e. The molecule has 15 heavy (non-hydrogen) atoms. The van der Waals surface area contributed by atoms with Gasteiger partial charge in [0.2, 0.25) is 5.91 Å². The van der Waals surface area contributed by atoms with Crippen molar-refractivity contribution in [3.63, 3.8) is 0 Å². The first-order valence-corrected chi connectivity index (χ1v) is 5.99. The van der Waals surface area contributed by atoms with Crippen molar-refractivity contribution in [2.75, 3.05) is 13.2 Å². The minimum absolute atomic E-state index is 0.0244. The van der Waals surface area contributed by atoms with Crippen molar-refractivity contribution in [3.05, 3.63) is 0 Å². The van der Waals surface area contributed by atoms with Crippen molar-refractivity contribution in [2.24, 2.45) is 11.8 Å². The Balaban J connectivity index is 2.03. The summed E-state index contributed by atoms with van der Waals surface area (Å²) in [7, 11) is 0. The number of nitrogens with one attached hydrogen (secondary N) is 1. The highest BCUT2D eigenvalue weighted by atomic mass is 16.5. The van der Waals surface area contributed by atoms with Crippen LogP contribution in [-0.2, 0) is 9.53 Å². The zero-order chi connectivity index (χ0) is 11.3. The Labute approximate surface area is 92.6 Å². The Bertz CT molecular complexity index is 200. The lowest BCUT2D eigenvalue weighted by Crippen LogP contribution is -2.35. The molecule has 1 unspecified atom stereocenters. The van der Waals surface area contributed by atoms with Crippen LogP contribution in [0.5, 0.6) is 0 Å². The Hall–Kier alpha value is -0.570. The lowest BCUT2D eigenvalue weighted by Gasteiger charge is -2.13. The molecule has 1 amide bonds. The first kappa shape index (κ1) is 12.5. The molecule has 0 aromatic rings. The van der Waals surface area contributed by atoms with Gasteiger partial charge in [0, 0.05) is 6.54 Å². The van der Waals surface area contributed by atoms with E-state index in [-0.39, 0.29) is 12.0 Å². The molecule has 1 rings (SSSR count). The minimum Gasteiger partial charge on any atom is -0.368 e. The van der Waals surface area contributed by atoms with E-state index in [2.05, 4.69) is 19.2 Å². The van der Waals surface area contributed by atoms with Crippen molar-refractivity contribution in [1.29, 1.82) is 0 Å². The van der Waals surface area contributed by atoms with Crippen LogP contribution in [0.1, 0.15) is 40.0 Å². The van der Waals surface area contributed by atoms with E-state index < -0.39 is 0 Å². The van der Waals surface area contributed by atoms with E-state index >= 15 is 0 Å². The first-order valence-electron chi connectivity index (χ1n) is 5.99. The largest absolute Gasteiger partial charge is 0.368 e. The molecule has 0 spiro atoms. The van der Waals surface area contributed by atoms with Gasteiger partial charge in [-0.1, -0.05) is 13.8 Å². The lowest BCUT2D eigenvalue weighted by molar-refractivity contribution is -0.132. The molecular formula is C12H23NO2. The number of carbonyl (C=O) groups is 1. The number of hydrogen-bond acceptors (Lipinski definition) is 2. The van der Waals surface area contributed by atoms with E-state index in [4.69, 9.17) is 4.74 Å². The van der Waals surface area contributed by atoms with Gasteiger partial charge in [-0.15, -0.1) is 0 Å². The predicted octanol–water partition coefficient (Wildman–Crippen LogP) is 1.96. The molecule has 0 bridgehead atoms. The maximum Gasteiger partial charge on any atom is 0.248 e. The maximum atomic E-state index is 11.5. The summed E-state index contributed by atoms with van der Waals surface area (Å²) in [5.41, 5.74) is 0. The van der Waals surface area contributed by atoms with Gasteiger partial charge < -0.3 is 10.1 Å². The topological polar surface area (TPSA) is 38.3 Å². The molecule has 0 saturated heterocycles. The Morgan fingerprint density at radius 1 is 1.40 bits per heavy atom. The highest BCUT2D eigenvalue weighted by Crippen LogP contribution is 2.29. The fraction of sp³-hybridized carbons (Fsp3) is 0.917. The van der Waals surface area contributed by atoms with Crippen LogP contribution in [0.15, 0.2) is 0 Å². The van der Waals surface area contributed by atoms with Gasteiger partial charge >= 0.3 is 0 Å². The van der Waals surface area contributed by atoms with E-state index in [1.165, 1.54) is 12.8 Å². The fourth-order valence-electron chi connectivity index (χ4n) is 1.27. The summed E-state index contributed by atoms with van der Waals surface area (Å²) in [5.74, 6) is 1.38. The van der Waals surface area contributed by atoms with Gasteiger partial charge in [0.15, 0.2) is 0 Å². The van der Waals surface area contributed by atoms with Crippen LogP contribution < -0.4 is 5.32 Å². The second-order valence-corrected chi connectivity index (χ2v) is 4.89. The van der Waals surface area contributed by atoms with Gasteiger partial charge in [-0.25, -0.2) is 0 Å². The van der Waals surface area contributed by atoms with Crippen molar-refractivity contribution in [2.45, 2.75) is 46.1 Å². The molecule has 1 N–H and O–H groups in total. The second-order valence-electron chi connectivity index (χ2n) is 4.89. The molecule has 3 heteroatoms. The van der Waals surface area contributed by atoms with E-state index in [0.29, 0.717) is 5.92 Å². The van der Waals surface area contributed by atoms with E-state index in [0.717, 1.165) is 25.5 Å². The number of carbonyl (C=O) groups excluding carboxylic acids is 1. The summed E-state index contributed by atoms with van der Waals surface area (Å²) in [6, 6.07) is 0. The van der Waals surface area contributed by atoms with Crippen LogP contribution in [-0.4, -0.2) is 25.2 Å². The molecule has 1 aliphatic carbocycles. The average Bonchev–Trinajstić information content (AvgIpc) is 2.96. The third kappa shape index (κ3) is 5.78. The minimum atomic E-state index is -0.294. The van der Waals surface area contributed by atoms with Crippen LogP contribution in [0.2, 0.25) is 0 Å². The van der Waals surface area contributed by atoms with Gasteiger partial charge in [0.25, 0.3) is 0 Å². The Morgan fingerprint density at radius 2 is 2.07 bits per heavy atom. The van der Waals surface area contributed by atoms with Gasteiger partial charge in [0.05, 0.1) is 6.61 Å². The molecule has 0 aromatic heterocycles. The summed E-state index contributed by atoms with van der Waals surface area (Å²) in [5, 5.41) is 2.89. The molecule has 1 atom stereocenters. The van der Waals surface area contributed by atoms with Gasteiger partial charge in [-0.2, -0.15) is 0 Å². The van der Waals surface area contributed by atoms with E-state index in [9.17, 15) is 4.79 Å². The Morgan fingerprint density at radius 3 is 2.60 bits per heavy atom. The van der Waals surface area contributed by atoms with E-state index in [1.807, 2.05) is 6.92 Å². The molecule has 1 saturated carbocycles.